The van der Waals surface area contributed by atoms with Crippen molar-refractivity contribution >= 4 is 93.8 Å². The van der Waals surface area contributed by atoms with Crippen LogP contribution in [0.3, 0.4) is 0 Å². The molecule has 8 heterocycles. The number of hydrogen-bond acceptors (Lipinski definition) is 15. The van der Waals surface area contributed by atoms with Crippen molar-refractivity contribution < 1.29 is 42.8 Å². The summed E-state index contributed by atoms with van der Waals surface area (Å²) in [4.78, 5) is 72.3. The van der Waals surface area contributed by atoms with Crippen LogP contribution in [-0.2, 0) is 39.5 Å². The topological polar surface area (TPSA) is 261 Å². The Labute approximate surface area is 537 Å². The Hall–Kier alpha value is -5.57. The molecule has 468 valence electrons. The number of amides is 2. The van der Waals surface area contributed by atoms with Gasteiger partial charge in [-0.2, -0.15) is 9.97 Å². The second-order valence-corrected chi connectivity index (χ2v) is 28.9. The lowest BCUT2D eigenvalue weighted by atomic mass is 9.51. The number of Topliss-reactive ketones (excluding diaryl/α,β-unsaturated/α-hetero) is 1. The number of benzene rings is 2. The van der Waals surface area contributed by atoms with Gasteiger partial charge in [0.2, 0.25) is 24.6 Å². The van der Waals surface area contributed by atoms with Gasteiger partial charge >= 0.3 is 5.97 Å². The van der Waals surface area contributed by atoms with Crippen LogP contribution in [0.4, 0.5) is 11.4 Å². The number of carbonyl (C=O) groups excluding carboxylic acids is 3. The summed E-state index contributed by atoms with van der Waals surface area (Å²) in [7, 11) is 0. The number of hydrogen-bond donors (Lipinski definition) is 4. The summed E-state index contributed by atoms with van der Waals surface area (Å²) >= 11 is 25.4. The minimum absolute atomic E-state index is 0. The minimum atomic E-state index is -1.00. The maximum absolute atomic E-state index is 14.6. The Kier molecular flexibility index (Phi) is 18.1. The van der Waals surface area contributed by atoms with Crippen LogP contribution < -0.4 is 16.4 Å². The molecular weight excluding hydrogens is 1230 g/mol. The van der Waals surface area contributed by atoms with E-state index in [1.807, 2.05) is 36.4 Å². The number of carboxylic acids is 1. The molecule has 4 aliphatic heterocycles. The first-order valence-corrected chi connectivity index (χ1v) is 31.8. The molecule has 2 amide bonds. The average Bonchev–Trinajstić information content (AvgIpc) is 1.51. The van der Waals surface area contributed by atoms with Gasteiger partial charge in [-0.05, 0) is 188 Å². The lowest BCUT2D eigenvalue weighted by Crippen LogP contribution is -2.52. The molecule has 8 aliphatic rings. The van der Waals surface area contributed by atoms with Crippen LogP contribution in [0, 0.1) is 39.4 Å². The van der Waals surface area contributed by atoms with E-state index in [9.17, 15) is 24.3 Å². The first-order valence-electron chi connectivity index (χ1n) is 30.3. The number of aromatic nitrogens is 6. The number of halogens is 5. The summed E-state index contributed by atoms with van der Waals surface area (Å²) < 4.78 is 21.0. The fourth-order valence-corrected chi connectivity index (χ4v) is 17.6. The third-order valence-electron chi connectivity index (χ3n) is 21.2. The van der Waals surface area contributed by atoms with Crippen molar-refractivity contribution in [2.45, 2.75) is 165 Å². The van der Waals surface area contributed by atoms with E-state index in [-0.39, 0.29) is 82.3 Å². The SMILES string of the molecule is CC1(C)CCC2(CC1)C[C@@H](C(=O)C[C@@H]1CC[C@@H](c3ncon3)OC1)[C@H](c1ccnc(Cl)c1)[C@]21C(=O)Nc2cc(Cl)ccc21.CC1(C)CCC2(CC1)C[C@@H](C(=O)O)[C@H](c1ccnc(Cl)c1)C21C(=O)Nc2cc(Cl)ccc21.Cl.N[C@@H]1CC[C@@H](c2ncon2)OC1. The van der Waals surface area contributed by atoms with Crippen LogP contribution in [0.5, 0.6) is 0 Å². The monoisotopic (exact) mass is 1300 g/mol. The first-order chi connectivity index (χ1) is 41.6. The molecule has 4 saturated carbocycles. The molecule has 4 spiro atoms. The van der Waals surface area contributed by atoms with E-state index >= 15 is 0 Å². The van der Waals surface area contributed by atoms with Crippen LogP contribution in [0.2, 0.25) is 20.4 Å². The molecule has 18 nitrogen and oxygen atoms in total. The van der Waals surface area contributed by atoms with E-state index in [0.717, 1.165) is 105 Å². The molecule has 0 radical (unpaired) electrons. The highest BCUT2D eigenvalue weighted by atomic mass is 35.5. The molecule has 6 fully saturated rings. The quantitative estimate of drug-likeness (QED) is 0.103. The van der Waals surface area contributed by atoms with Gasteiger partial charge < -0.3 is 40.0 Å². The van der Waals surface area contributed by atoms with Gasteiger partial charge in [-0.1, -0.05) is 96.5 Å². The fraction of sp³-hybridized carbons (Fsp3) is 0.538. The zero-order chi connectivity index (χ0) is 61.3. The number of carboxylic acid groups (broad SMARTS) is 1. The van der Waals surface area contributed by atoms with Crippen molar-refractivity contribution in [2.24, 2.45) is 45.1 Å². The minimum Gasteiger partial charge on any atom is -0.481 e. The summed E-state index contributed by atoms with van der Waals surface area (Å²) in [5, 5.41) is 26.0. The summed E-state index contributed by atoms with van der Waals surface area (Å²) in [5.74, 6) is -1.61. The number of aliphatic carboxylic acids is 1. The Morgan fingerprint density at radius 3 is 1.47 bits per heavy atom. The lowest BCUT2D eigenvalue weighted by Gasteiger charge is -2.51. The summed E-state index contributed by atoms with van der Waals surface area (Å²) in [6.45, 7) is 10.1. The summed E-state index contributed by atoms with van der Waals surface area (Å²) in [5.41, 5.74) is 8.08. The highest BCUT2D eigenvalue weighted by molar-refractivity contribution is 6.32. The molecule has 5 N–H and O–H groups in total. The number of pyridine rings is 2. The molecule has 23 heteroatoms. The molecule has 10 atom stereocenters. The predicted molar refractivity (Wildman–Crippen MR) is 333 cm³/mol. The van der Waals surface area contributed by atoms with Gasteiger partial charge in [0.25, 0.3) is 0 Å². The molecule has 14 rings (SSSR count). The maximum atomic E-state index is 14.6. The zero-order valence-electron chi connectivity index (χ0n) is 49.6. The molecule has 2 aromatic carbocycles. The molecule has 4 aromatic heterocycles. The fourth-order valence-electron chi connectivity index (χ4n) is 16.9. The lowest BCUT2D eigenvalue weighted by molar-refractivity contribution is -0.142. The maximum Gasteiger partial charge on any atom is 0.307 e. The number of nitrogens with zero attached hydrogens (tertiary/aromatic N) is 6. The van der Waals surface area contributed by atoms with Crippen molar-refractivity contribution in [1.29, 1.82) is 0 Å². The molecule has 88 heavy (non-hydrogen) atoms. The van der Waals surface area contributed by atoms with E-state index in [1.165, 1.54) is 12.8 Å². The number of nitrogens with one attached hydrogen (secondary N) is 2. The van der Waals surface area contributed by atoms with Crippen molar-refractivity contribution in [2.75, 3.05) is 23.8 Å². The van der Waals surface area contributed by atoms with Gasteiger partial charge in [0.1, 0.15) is 28.3 Å². The van der Waals surface area contributed by atoms with E-state index < -0.39 is 34.1 Å². The average molecular weight is 1300 g/mol. The van der Waals surface area contributed by atoms with Crippen LogP contribution in [-0.4, -0.2) is 78.2 Å². The van der Waals surface area contributed by atoms with Crippen molar-refractivity contribution in [3.05, 3.63) is 140 Å². The van der Waals surface area contributed by atoms with Gasteiger partial charge in [0.05, 0.1) is 30.0 Å². The van der Waals surface area contributed by atoms with Crippen LogP contribution >= 0.6 is 58.8 Å². The standard InChI is InChI=1S/C33H36Cl2N4O4.C25H26Cl2N2O3.C7H11N3O2.ClH/c1-31(2)8-10-32(11-9-31)16-22(25(40)13-19-3-6-26(42-17-19)29-37-18-43-39-29)28(20-7-12-36-27(35)14-20)33(32)23-5-4-21(34)15-24(23)38-30(33)41;1-23(2)6-8-24(9-7-23)13-16(21(30)31)20(14-5-10-28-19(27)11-14)25(24)17-4-3-15(26)12-18(17)29-22(25)32;8-5-1-2-6(11-3-5)7-9-4-12-10-7;/h4-5,7,12,14-15,18-19,22,26,28H,3,6,8-11,13,16-17H2,1-2H3,(H,38,41);3-5,10-12,16,20H,6-9,13H2,1-2H3,(H,29,32)(H,30,31);4-6H,1-3,8H2;1H/t19-,22-,26-,28-,33+;16-,20+,25?;5-,6+;/m011./s1. The Morgan fingerprint density at radius 2 is 1.06 bits per heavy atom. The Balaban J connectivity index is 0.000000155. The Bertz CT molecular complexity index is 3540. The van der Waals surface area contributed by atoms with Crippen LogP contribution in [0.25, 0.3) is 0 Å². The first kappa shape index (κ1) is 64.0. The molecule has 2 saturated heterocycles. The number of nitrogens with two attached hydrogens (primary N) is 1. The van der Waals surface area contributed by atoms with Gasteiger partial charge in [0.15, 0.2) is 11.6 Å². The molecule has 0 bridgehead atoms. The third kappa shape index (κ3) is 11.5. The molecule has 6 aromatic rings. The molecule has 1 unspecified atom stereocenters. The number of ketones is 1. The third-order valence-corrected chi connectivity index (χ3v) is 22.1. The number of carbonyl (C=O) groups is 4. The normalized spacial score (nSPS) is 30.1. The van der Waals surface area contributed by atoms with E-state index in [0.29, 0.717) is 70.2 Å². The second-order valence-electron chi connectivity index (χ2n) is 27.2. The van der Waals surface area contributed by atoms with Gasteiger partial charge in [-0.15, -0.1) is 12.4 Å². The van der Waals surface area contributed by atoms with Crippen molar-refractivity contribution in [1.82, 2.24) is 30.2 Å². The van der Waals surface area contributed by atoms with Gasteiger partial charge in [-0.25, -0.2) is 9.97 Å². The van der Waals surface area contributed by atoms with E-state index in [2.05, 4.69) is 73.1 Å². The summed E-state index contributed by atoms with van der Waals surface area (Å²) in [6.07, 6.45) is 17.8. The second kappa shape index (κ2) is 24.9. The van der Waals surface area contributed by atoms with Crippen molar-refractivity contribution in [3.63, 3.8) is 0 Å². The smallest absolute Gasteiger partial charge is 0.307 e. The number of fused-ring (bicyclic) bond motifs is 6. The highest BCUT2D eigenvalue weighted by Gasteiger charge is 2.74. The zero-order valence-corrected chi connectivity index (χ0v) is 53.5. The van der Waals surface area contributed by atoms with Gasteiger partial charge in [-0.3, -0.25) is 19.2 Å². The molecular formula is C65H74Cl5N9O9. The number of ether oxygens (including phenoxy) is 2. The predicted octanol–water partition coefficient (Wildman–Crippen LogP) is 14.2. The van der Waals surface area contributed by atoms with Crippen LogP contribution in [0.1, 0.15) is 182 Å². The van der Waals surface area contributed by atoms with Crippen LogP contribution in [0.15, 0.2) is 94.9 Å². The number of anilines is 2. The largest absolute Gasteiger partial charge is 0.481 e. The van der Waals surface area contributed by atoms with Gasteiger partial charge in [0, 0.05) is 64.0 Å². The Morgan fingerprint density at radius 1 is 0.602 bits per heavy atom. The summed E-state index contributed by atoms with van der Waals surface area (Å²) in [6, 6.07) is 18.7. The highest BCUT2D eigenvalue weighted by Crippen LogP contribution is 2.74. The van der Waals surface area contributed by atoms with E-state index in [1.54, 1.807) is 36.7 Å². The molecule has 4 aliphatic carbocycles. The number of rotatable bonds is 8. The van der Waals surface area contributed by atoms with Crippen molar-refractivity contribution in [3.8, 4) is 0 Å². The van der Waals surface area contributed by atoms with E-state index in [4.69, 9.17) is 66.1 Å².